The topological polar surface area (TPSA) is 53.4 Å². The lowest BCUT2D eigenvalue weighted by Gasteiger charge is -2.07. The van der Waals surface area contributed by atoms with Gasteiger partial charge in [-0.25, -0.2) is 0 Å². The summed E-state index contributed by atoms with van der Waals surface area (Å²) in [7, 11) is 1.58. The molecule has 1 heterocycles. The molecule has 1 aromatic carbocycles. The molecule has 0 saturated heterocycles. The number of carbonyl (C=O) groups excluding carboxylic acids is 1. The molecule has 2 rings (SSSR count). The number of ether oxygens (including phenoxy) is 2. The molecule has 0 aliphatic rings. The lowest BCUT2D eigenvalue weighted by molar-refractivity contribution is -0.108. The number of rotatable bonds is 5. The molecule has 0 radical (unpaired) electrons. The molecule has 0 saturated carbocycles. The number of hydrogen-bond acceptors (Lipinski definition) is 4. The van der Waals surface area contributed by atoms with Crippen molar-refractivity contribution >= 4 is 6.29 Å². The van der Waals surface area contributed by atoms with Crippen molar-refractivity contribution in [2.75, 3.05) is 7.11 Å². The molecule has 0 fully saturated rings. The van der Waals surface area contributed by atoms with E-state index in [9.17, 15) is 4.79 Å². The van der Waals surface area contributed by atoms with E-state index in [1.807, 2.05) is 18.2 Å². The minimum atomic E-state index is 0.218. The molecule has 0 unspecified atom stereocenters. The number of hydrogen-bond donors (Lipinski definition) is 0. The van der Waals surface area contributed by atoms with Crippen LogP contribution in [0.5, 0.6) is 17.2 Å². The van der Waals surface area contributed by atoms with Crippen LogP contribution in [0.25, 0.3) is 0 Å². The molecule has 17 heavy (non-hydrogen) atoms. The lowest BCUT2D eigenvalue weighted by atomic mass is 10.3. The Labute approximate surface area is 98.6 Å². The SMILES string of the molecule is COc1ccccc1Oc1cnn(CC=O)c1. The number of aromatic nitrogens is 2. The Morgan fingerprint density at radius 1 is 1.35 bits per heavy atom. The Morgan fingerprint density at radius 3 is 2.82 bits per heavy atom. The van der Waals surface area contributed by atoms with Gasteiger partial charge < -0.3 is 14.3 Å². The Hall–Kier alpha value is -2.30. The van der Waals surface area contributed by atoms with Crippen LogP contribution >= 0.6 is 0 Å². The quantitative estimate of drug-likeness (QED) is 0.738. The number of aldehydes is 1. The summed E-state index contributed by atoms with van der Waals surface area (Å²) in [6, 6.07) is 7.33. The molecule has 1 aromatic heterocycles. The first kappa shape index (κ1) is 11.2. The molecule has 0 atom stereocenters. The molecule has 5 heteroatoms. The number of carbonyl (C=O) groups is 1. The van der Waals surface area contributed by atoms with E-state index in [1.165, 1.54) is 4.68 Å². The predicted molar refractivity (Wildman–Crippen MR) is 61.4 cm³/mol. The van der Waals surface area contributed by atoms with Crippen molar-refractivity contribution in [3.63, 3.8) is 0 Å². The molecule has 0 spiro atoms. The maximum Gasteiger partial charge on any atom is 0.169 e. The Balaban J connectivity index is 2.16. The second-order valence-electron chi connectivity index (χ2n) is 3.32. The Morgan fingerprint density at radius 2 is 2.12 bits per heavy atom. The first-order chi connectivity index (χ1) is 8.33. The van der Waals surface area contributed by atoms with Gasteiger partial charge in [0.05, 0.1) is 26.0 Å². The number of nitrogens with zero attached hydrogens (tertiary/aromatic N) is 2. The van der Waals surface area contributed by atoms with Crippen molar-refractivity contribution in [2.45, 2.75) is 6.54 Å². The minimum absolute atomic E-state index is 0.218. The maximum atomic E-state index is 10.3. The molecule has 0 aliphatic heterocycles. The molecule has 0 amide bonds. The first-order valence-corrected chi connectivity index (χ1v) is 5.10. The van der Waals surface area contributed by atoms with Crippen molar-refractivity contribution in [3.05, 3.63) is 36.7 Å². The summed E-state index contributed by atoms with van der Waals surface area (Å²) >= 11 is 0. The highest BCUT2D eigenvalue weighted by Gasteiger charge is 2.05. The maximum absolute atomic E-state index is 10.3. The summed E-state index contributed by atoms with van der Waals surface area (Å²) in [5.74, 6) is 1.83. The van der Waals surface area contributed by atoms with Gasteiger partial charge in [-0.05, 0) is 12.1 Å². The summed E-state index contributed by atoms with van der Waals surface area (Å²) in [6.07, 6.45) is 3.98. The van der Waals surface area contributed by atoms with E-state index in [1.54, 1.807) is 25.6 Å². The fraction of sp³-hybridized carbons (Fsp3) is 0.167. The summed E-state index contributed by atoms with van der Waals surface area (Å²) in [5.41, 5.74) is 0. The molecular weight excluding hydrogens is 220 g/mol. The molecule has 88 valence electrons. The van der Waals surface area contributed by atoms with Crippen LogP contribution in [0.3, 0.4) is 0 Å². The Bertz CT molecular complexity index is 508. The van der Waals surface area contributed by atoms with Gasteiger partial charge in [0.15, 0.2) is 17.2 Å². The third-order valence-corrected chi connectivity index (χ3v) is 2.17. The van der Waals surface area contributed by atoms with E-state index in [0.29, 0.717) is 17.2 Å². The summed E-state index contributed by atoms with van der Waals surface area (Å²) in [6.45, 7) is 0.218. The van der Waals surface area contributed by atoms with Gasteiger partial charge >= 0.3 is 0 Å². The van der Waals surface area contributed by atoms with Crippen molar-refractivity contribution in [3.8, 4) is 17.2 Å². The zero-order chi connectivity index (χ0) is 12.1. The third kappa shape index (κ3) is 2.63. The van der Waals surface area contributed by atoms with Crippen molar-refractivity contribution in [1.29, 1.82) is 0 Å². The molecular formula is C12H12N2O3. The summed E-state index contributed by atoms with van der Waals surface area (Å²) < 4.78 is 12.3. The second-order valence-corrected chi connectivity index (χ2v) is 3.32. The van der Waals surface area contributed by atoms with Crippen LogP contribution in [0.15, 0.2) is 36.7 Å². The predicted octanol–water partition coefficient (Wildman–Crippen LogP) is 1.88. The van der Waals surface area contributed by atoms with Crippen LogP contribution in [0.1, 0.15) is 0 Å². The van der Waals surface area contributed by atoms with Gasteiger partial charge in [0, 0.05) is 0 Å². The summed E-state index contributed by atoms with van der Waals surface area (Å²) in [5, 5.41) is 3.98. The average Bonchev–Trinajstić information content (AvgIpc) is 2.78. The first-order valence-electron chi connectivity index (χ1n) is 5.10. The molecule has 5 nitrogen and oxygen atoms in total. The largest absolute Gasteiger partial charge is 0.493 e. The number of benzene rings is 1. The molecule has 0 N–H and O–H groups in total. The van der Waals surface area contributed by atoms with Gasteiger partial charge in [0.25, 0.3) is 0 Å². The lowest BCUT2D eigenvalue weighted by Crippen LogP contribution is -1.97. The van der Waals surface area contributed by atoms with E-state index in [-0.39, 0.29) is 6.54 Å². The zero-order valence-electron chi connectivity index (χ0n) is 9.37. The van der Waals surface area contributed by atoms with E-state index in [0.717, 1.165) is 6.29 Å². The van der Waals surface area contributed by atoms with Gasteiger partial charge in [0.2, 0.25) is 0 Å². The van der Waals surface area contributed by atoms with E-state index >= 15 is 0 Å². The Kier molecular flexibility index (Phi) is 3.40. The molecule has 0 aliphatic carbocycles. The van der Waals surface area contributed by atoms with Gasteiger partial charge in [-0.3, -0.25) is 4.68 Å². The van der Waals surface area contributed by atoms with Crippen LogP contribution in [0.4, 0.5) is 0 Å². The second kappa shape index (κ2) is 5.16. The molecule has 0 bridgehead atoms. The smallest absolute Gasteiger partial charge is 0.169 e. The highest BCUT2D eigenvalue weighted by molar-refractivity contribution is 5.49. The number of para-hydroxylation sites is 2. The van der Waals surface area contributed by atoms with E-state index in [2.05, 4.69) is 5.10 Å². The standard InChI is InChI=1S/C12H12N2O3/c1-16-11-4-2-3-5-12(11)17-10-8-13-14(9-10)6-7-15/h2-5,7-9H,6H2,1H3. The van der Waals surface area contributed by atoms with Crippen molar-refractivity contribution < 1.29 is 14.3 Å². The molecule has 2 aromatic rings. The van der Waals surface area contributed by atoms with Crippen molar-refractivity contribution in [1.82, 2.24) is 9.78 Å². The van der Waals surface area contributed by atoms with Gasteiger partial charge in [-0.1, -0.05) is 12.1 Å². The van der Waals surface area contributed by atoms with Crippen LogP contribution in [0.2, 0.25) is 0 Å². The highest BCUT2D eigenvalue weighted by atomic mass is 16.5. The van der Waals surface area contributed by atoms with Gasteiger partial charge in [-0.15, -0.1) is 0 Å². The summed E-state index contributed by atoms with van der Waals surface area (Å²) in [4.78, 5) is 10.3. The fourth-order valence-corrected chi connectivity index (χ4v) is 1.40. The monoisotopic (exact) mass is 232 g/mol. The minimum Gasteiger partial charge on any atom is -0.493 e. The van der Waals surface area contributed by atoms with Crippen LogP contribution in [-0.4, -0.2) is 23.2 Å². The zero-order valence-corrected chi connectivity index (χ0v) is 9.37. The van der Waals surface area contributed by atoms with Gasteiger partial charge in [0.1, 0.15) is 6.29 Å². The normalized spacial score (nSPS) is 9.94. The van der Waals surface area contributed by atoms with Crippen LogP contribution in [0, 0.1) is 0 Å². The van der Waals surface area contributed by atoms with Crippen LogP contribution < -0.4 is 9.47 Å². The van der Waals surface area contributed by atoms with Crippen LogP contribution in [-0.2, 0) is 11.3 Å². The van der Waals surface area contributed by atoms with Crippen molar-refractivity contribution in [2.24, 2.45) is 0 Å². The number of methoxy groups -OCH3 is 1. The fourth-order valence-electron chi connectivity index (χ4n) is 1.40. The van der Waals surface area contributed by atoms with E-state index in [4.69, 9.17) is 9.47 Å². The van der Waals surface area contributed by atoms with E-state index < -0.39 is 0 Å². The third-order valence-electron chi connectivity index (χ3n) is 2.17. The highest BCUT2D eigenvalue weighted by Crippen LogP contribution is 2.30. The average molecular weight is 232 g/mol. The van der Waals surface area contributed by atoms with Gasteiger partial charge in [-0.2, -0.15) is 5.10 Å².